The number of halogens is 3. The molecule has 1 rings (SSSR count). The zero-order valence-electron chi connectivity index (χ0n) is 9.47. The third-order valence-corrected chi connectivity index (χ3v) is 1.99. The molecule has 0 aliphatic heterocycles. The van der Waals surface area contributed by atoms with Gasteiger partial charge in [-0.25, -0.2) is 0 Å². The van der Waals surface area contributed by atoms with E-state index in [0.717, 1.165) is 18.2 Å². The molecule has 1 aromatic rings. The Morgan fingerprint density at radius 1 is 1.22 bits per heavy atom. The van der Waals surface area contributed by atoms with Crippen LogP contribution in [0.1, 0.15) is 12.5 Å². The van der Waals surface area contributed by atoms with Gasteiger partial charge in [0.05, 0.1) is 5.56 Å². The van der Waals surface area contributed by atoms with E-state index in [1.54, 1.807) is 6.92 Å². The Balaban J connectivity index is 2.80. The molecule has 0 aliphatic rings. The highest BCUT2D eigenvalue weighted by Gasteiger charge is 2.30. The molecule has 0 aliphatic carbocycles. The zero-order valence-corrected chi connectivity index (χ0v) is 9.47. The van der Waals surface area contributed by atoms with Crippen molar-refractivity contribution in [1.82, 2.24) is 5.32 Å². The number of hydrogen-bond donors (Lipinski definition) is 2. The molecule has 0 aromatic heterocycles. The van der Waals surface area contributed by atoms with Gasteiger partial charge >= 0.3 is 18.0 Å². The molecule has 2 amide bonds. The Morgan fingerprint density at radius 2 is 1.89 bits per heavy atom. The number of amides is 2. The van der Waals surface area contributed by atoms with E-state index in [-0.39, 0.29) is 12.2 Å². The van der Waals surface area contributed by atoms with Gasteiger partial charge in [0, 0.05) is 12.2 Å². The lowest BCUT2D eigenvalue weighted by atomic mass is 10.2. The van der Waals surface area contributed by atoms with Crippen LogP contribution in [0.4, 0.5) is 18.9 Å². The minimum absolute atomic E-state index is 0.0823. The first-order valence-corrected chi connectivity index (χ1v) is 5.11. The summed E-state index contributed by atoms with van der Waals surface area (Å²) < 4.78 is 37.2. The van der Waals surface area contributed by atoms with Gasteiger partial charge in [-0.1, -0.05) is 6.07 Å². The normalized spacial score (nSPS) is 10.9. The summed E-state index contributed by atoms with van der Waals surface area (Å²) in [6, 6.07) is 4.06. The second kappa shape index (κ2) is 5.52. The molecule has 0 unspecified atom stereocenters. The molecule has 0 atom stereocenters. The summed E-state index contributed by atoms with van der Waals surface area (Å²) in [6.45, 7) is 1.88. The molecule has 0 radical (unpaired) electrons. The largest absolute Gasteiger partial charge is 0.416 e. The molecule has 0 bridgehead atoms. The number of rotatable bonds is 2. The molecule has 0 heterocycles. The molecular formula is C11H11F3N2O2. The number of likely N-dealkylation sites (N-methyl/N-ethyl adjacent to an activating group) is 1. The van der Waals surface area contributed by atoms with Crippen molar-refractivity contribution in [3.8, 4) is 0 Å². The molecule has 0 saturated heterocycles. The van der Waals surface area contributed by atoms with Gasteiger partial charge in [0.25, 0.3) is 0 Å². The first-order chi connectivity index (χ1) is 8.34. The predicted octanol–water partition coefficient (Wildman–Crippen LogP) is 1.78. The minimum atomic E-state index is -4.49. The lowest BCUT2D eigenvalue weighted by Crippen LogP contribution is -2.35. The average Bonchev–Trinajstić information content (AvgIpc) is 2.28. The maximum absolute atomic E-state index is 12.4. The highest BCUT2D eigenvalue weighted by Crippen LogP contribution is 2.30. The third-order valence-electron chi connectivity index (χ3n) is 1.99. The Kier molecular flexibility index (Phi) is 4.30. The standard InChI is InChI=1S/C11H11F3N2O2/c1-2-15-9(17)10(18)16-8-5-3-4-7(6-8)11(12,13)14/h3-6H,2H2,1H3,(H,15,17)(H,16,18). The molecule has 18 heavy (non-hydrogen) atoms. The Bertz CT molecular complexity index is 458. The Hall–Kier alpha value is -2.05. The topological polar surface area (TPSA) is 58.2 Å². The summed E-state index contributed by atoms with van der Waals surface area (Å²) in [4.78, 5) is 22.3. The molecule has 2 N–H and O–H groups in total. The zero-order chi connectivity index (χ0) is 13.8. The van der Waals surface area contributed by atoms with Gasteiger partial charge < -0.3 is 10.6 Å². The molecular weight excluding hydrogens is 249 g/mol. The molecule has 7 heteroatoms. The monoisotopic (exact) mass is 260 g/mol. The van der Waals surface area contributed by atoms with Gasteiger partial charge in [-0.05, 0) is 25.1 Å². The van der Waals surface area contributed by atoms with Gasteiger partial charge in [0.15, 0.2) is 0 Å². The molecule has 0 saturated carbocycles. The van der Waals surface area contributed by atoms with Gasteiger partial charge in [0.2, 0.25) is 0 Å². The number of anilines is 1. The van der Waals surface area contributed by atoms with Gasteiger partial charge in [-0.15, -0.1) is 0 Å². The molecule has 4 nitrogen and oxygen atoms in total. The quantitative estimate of drug-likeness (QED) is 0.796. The van der Waals surface area contributed by atoms with Crippen molar-refractivity contribution in [2.75, 3.05) is 11.9 Å². The average molecular weight is 260 g/mol. The second-order valence-electron chi connectivity index (χ2n) is 3.39. The maximum Gasteiger partial charge on any atom is 0.416 e. The number of carbonyl (C=O) groups excluding carboxylic acids is 2. The van der Waals surface area contributed by atoms with Crippen LogP contribution in [-0.4, -0.2) is 18.4 Å². The van der Waals surface area contributed by atoms with Crippen LogP contribution in [0.2, 0.25) is 0 Å². The van der Waals surface area contributed by atoms with Gasteiger partial charge in [0.1, 0.15) is 0 Å². The lowest BCUT2D eigenvalue weighted by Gasteiger charge is -2.09. The van der Waals surface area contributed by atoms with Crippen LogP contribution in [0.15, 0.2) is 24.3 Å². The Morgan fingerprint density at radius 3 is 2.44 bits per heavy atom. The summed E-state index contributed by atoms with van der Waals surface area (Å²) in [5.41, 5.74) is -0.975. The van der Waals surface area contributed by atoms with Crippen molar-refractivity contribution in [2.24, 2.45) is 0 Å². The van der Waals surface area contributed by atoms with E-state index < -0.39 is 23.6 Å². The highest BCUT2D eigenvalue weighted by atomic mass is 19.4. The third kappa shape index (κ3) is 3.76. The summed E-state index contributed by atoms with van der Waals surface area (Å²) in [5, 5.41) is 4.33. The first kappa shape index (κ1) is 14.0. The lowest BCUT2D eigenvalue weighted by molar-refractivity contribution is -0.137. The summed E-state index contributed by atoms with van der Waals surface area (Å²) in [5.74, 6) is -1.90. The van der Waals surface area contributed by atoms with Crippen LogP contribution in [0.5, 0.6) is 0 Å². The van der Waals surface area contributed by atoms with Crippen molar-refractivity contribution in [3.63, 3.8) is 0 Å². The fraction of sp³-hybridized carbons (Fsp3) is 0.273. The van der Waals surface area contributed by atoms with Crippen molar-refractivity contribution in [1.29, 1.82) is 0 Å². The highest BCUT2D eigenvalue weighted by molar-refractivity contribution is 6.39. The van der Waals surface area contributed by atoms with E-state index >= 15 is 0 Å². The number of benzene rings is 1. The number of hydrogen-bond acceptors (Lipinski definition) is 2. The van der Waals surface area contributed by atoms with Crippen molar-refractivity contribution >= 4 is 17.5 Å². The van der Waals surface area contributed by atoms with E-state index in [0.29, 0.717) is 0 Å². The van der Waals surface area contributed by atoms with Crippen LogP contribution in [0.25, 0.3) is 0 Å². The van der Waals surface area contributed by atoms with E-state index in [1.807, 2.05) is 0 Å². The minimum Gasteiger partial charge on any atom is -0.348 e. The van der Waals surface area contributed by atoms with E-state index in [4.69, 9.17) is 0 Å². The van der Waals surface area contributed by atoms with Crippen LogP contribution in [0, 0.1) is 0 Å². The van der Waals surface area contributed by atoms with Gasteiger partial charge in [-0.2, -0.15) is 13.2 Å². The summed E-state index contributed by atoms with van der Waals surface area (Å²) in [6.07, 6.45) is -4.49. The molecule has 98 valence electrons. The van der Waals surface area contributed by atoms with Crippen LogP contribution < -0.4 is 10.6 Å². The van der Waals surface area contributed by atoms with Crippen LogP contribution in [-0.2, 0) is 15.8 Å². The van der Waals surface area contributed by atoms with Crippen molar-refractivity contribution in [3.05, 3.63) is 29.8 Å². The van der Waals surface area contributed by atoms with Crippen molar-refractivity contribution < 1.29 is 22.8 Å². The summed E-state index contributed by atoms with van der Waals surface area (Å²) in [7, 11) is 0. The first-order valence-electron chi connectivity index (χ1n) is 5.11. The number of carbonyl (C=O) groups is 2. The maximum atomic E-state index is 12.4. The van der Waals surface area contributed by atoms with E-state index in [2.05, 4.69) is 10.6 Å². The molecule has 0 spiro atoms. The predicted molar refractivity (Wildman–Crippen MR) is 58.8 cm³/mol. The van der Waals surface area contributed by atoms with Crippen LogP contribution in [0.3, 0.4) is 0 Å². The van der Waals surface area contributed by atoms with Crippen molar-refractivity contribution in [2.45, 2.75) is 13.1 Å². The van der Waals surface area contributed by atoms with E-state index in [9.17, 15) is 22.8 Å². The van der Waals surface area contributed by atoms with E-state index in [1.165, 1.54) is 6.07 Å². The fourth-order valence-electron chi connectivity index (χ4n) is 1.20. The molecule has 0 fully saturated rings. The number of nitrogens with one attached hydrogen (secondary N) is 2. The molecule has 1 aromatic carbocycles. The second-order valence-corrected chi connectivity index (χ2v) is 3.39. The Labute approximate surface area is 101 Å². The summed E-state index contributed by atoms with van der Waals surface area (Å²) >= 11 is 0. The fourth-order valence-corrected chi connectivity index (χ4v) is 1.20. The van der Waals surface area contributed by atoms with Gasteiger partial charge in [-0.3, -0.25) is 9.59 Å². The SMILES string of the molecule is CCNC(=O)C(=O)Nc1cccc(C(F)(F)F)c1. The van der Waals surface area contributed by atoms with Crippen LogP contribution >= 0.6 is 0 Å². The number of alkyl halides is 3. The smallest absolute Gasteiger partial charge is 0.348 e.